The first kappa shape index (κ1) is 12.5. The molecule has 0 aromatic carbocycles. The zero-order valence-electron chi connectivity index (χ0n) is 10.9. The lowest BCUT2D eigenvalue weighted by Crippen LogP contribution is -2.10. The van der Waals surface area contributed by atoms with Gasteiger partial charge in [0.15, 0.2) is 0 Å². The van der Waals surface area contributed by atoms with Crippen LogP contribution in [0.1, 0.15) is 24.7 Å². The van der Waals surface area contributed by atoms with Crippen molar-refractivity contribution in [3.63, 3.8) is 0 Å². The van der Waals surface area contributed by atoms with E-state index in [1.54, 1.807) is 6.33 Å². The Kier molecular flexibility index (Phi) is 3.86. The quantitative estimate of drug-likeness (QED) is 0.720. The summed E-state index contributed by atoms with van der Waals surface area (Å²) < 4.78 is 1.81. The van der Waals surface area contributed by atoms with Gasteiger partial charge in [-0.3, -0.25) is 4.68 Å². The molecule has 0 saturated carbocycles. The minimum atomic E-state index is 0.768. The molecule has 0 bridgehead atoms. The van der Waals surface area contributed by atoms with Crippen LogP contribution >= 0.6 is 0 Å². The molecule has 0 aliphatic rings. The summed E-state index contributed by atoms with van der Waals surface area (Å²) in [7, 11) is 1.91. The number of imidazole rings is 1. The number of hydrogen-bond donors (Lipinski definition) is 3. The first-order chi connectivity index (χ1) is 8.72. The van der Waals surface area contributed by atoms with Crippen LogP contribution in [0.4, 0.5) is 11.5 Å². The molecule has 0 fully saturated rings. The van der Waals surface area contributed by atoms with Gasteiger partial charge in [0.2, 0.25) is 0 Å². The molecule has 4 N–H and O–H groups in total. The van der Waals surface area contributed by atoms with Crippen molar-refractivity contribution in [2.75, 3.05) is 17.6 Å². The van der Waals surface area contributed by atoms with Crippen LogP contribution in [0, 0.1) is 0 Å². The monoisotopic (exact) mass is 248 g/mol. The number of nitrogens with one attached hydrogen (secondary N) is 2. The Morgan fingerprint density at radius 3 is 2.94 bits per heavy atom. The standard InChI is InChI=1S/C12H20N6/c1-3-4-10-11(13)12(18(2)17-10)15-6-5-9-7-14-8-16-9/h7-8,15H,3-6,13H2,1-2H3,(H,14,16). The maximum absolute atomic E-state index is 6.08. The zero-order chi connectivity index (χ0) is 13.0. The predicted octanol–water partition coefficient (Wildman–Crippen LogP) is 1.33. The fraction of sp³-hybridized carbons (Fsp3) is 0.500. The summed E-state index contributed by atoms with van der Waals surface area (Å²) in [5.74, 6) is 0.901. The molecule has 0 radical (unpaired) electrons. The number of nitrogen functional groups attached to an aromatic ring is 1. The Morgan fingerprint density at radius 1 is 1.44 bits per heavy atom. The van der Waals surface area contributed by atoms with E-state index in [-0.39, 0.29) is 0 Å². The highest BCUT2D eigenvalue weighted by atomic mass is 15.3. The molecule has 6 heteroatoms. The third-order valence-corrected chi connectivity index (χ3v) is 2.89. The van der Waals surface area contributed by atoms with Gasteiger partial charge < -0.3 is 16.0 Å². The topological polar surface area (TPSA) is 84.5 Å². The number of nitrogens with two attached hydrogens (primary N) is 1. The van der Waals surface area contributed by atoms with Gasteiger partial charge in [-0.15, -0.1) is 0 Å². The lowest BCUT2D eigenvalue weighted by molar-refractivity contribution is 0.734. The molecule has 0 saturated heterocycles. The highest BCUT2D eigenvalue weighted by Gasteiger charge is 2.11. The van der Waals surface area contributed by atoms with E-state index in [0.29, 0.717) is 0 Å². The number of H-pyrrole nitrogens is 1. The van der Waals surface area contributed by atoms with E-state index in [0.717, 1.165) is 48.7 Å². The van der Waals surface area contributed by atoms with Gasteiger partial charge in [0.25, 0.3) is 0 Å². The van der Waals surface area contributed by atoms with Gasteiger partial charge in [-0.05, 0) is 6.42 Å². The van der Waals surface area contributed by atoms with Gasteiger partial charge in [-0.1, -0.05) is 13.3 Å². The number of hydrogen-bond acceptors (Lipinski definition) is 4. The van der Waals surface area contributed by atoms with E-state index in [1.165, 1.54) is 0 Å². The molecule has 2 aromatic heterocycles. The van der Waals surface area contributed by atoms with Crippen molar-refractivity contribution >= 4 is 11.5 Å². The Balaban J connectivity index is 1.96. The van der Waals surface area contributed by atoms with Crippen LogP contribution in [0.15, 0.2) is 12.5 Å². The molecule has 98 valence electrons. The molecule has 2 heterocycles. The Labute approximate surface area is 107 Å². The molecule has 0 unspecified atom stereocenters. The molecular formula is C12H20N6. The van der Waals surface area contributed by atoms with Crippen molar-refractivity contribution in [3.05, 3.63) is 23.9 Å². The lowest BCUT2D eigenvalue weighted by Gasteiger charge is -2.06. The Morgan fingerprint density at radius 2 is 2.28 bits per heavy atom. The van der Waals surface area contributed by atoms with Gasteiger partial charge in [-0.25, -0.2) is 4.98 Å². The second-order valence-corrected chi connectivity index (χ2v) is 4.34. The zero-order valence-corrected chi connectivity index (χ0v) is 10.9. The minimum Gasteiger partial charge on any atom is -0.394 e. The summed E-state index contributed by atoms with van der Waals surface area (Å²) in [5, 5.41) is 7.75. The second kappa shape index (κ2) is 5.57. The molecule has 2 rings (SSSR count). The van der Waals surface area contributed by atoms with Crippen LogP contribution < -0.4 is 11.1 Å². The van der Waals surface area contributed by atoms with Gasteiger partial charge in [0, 0.05) is 31.9 Å². The number of aryl methyl sites for hydroxylation is 2. The van der Waals surface area contributed by atoms with Crippen molar-refractivity contribution in [1.82, 2.24) is 19.7 Å². The third kappa shape index (κ3) is 2.64. The normalized spacial score (nSPS) is 10.8. The average molecular weight is 248 g/mol. The fourth-order valence-corrected chi connectivity index (χ4v) is 1.96. The smallest absolute Gasteiger partial charge is 0.147 e. The van der Waals surface area contributed by atoms with Gasteiger partial charge in [0.1, 0.15) is 5.82 Å². The second-order valence-electron chi connectivity index (χ2n) is 4.34. The van der Waals surface area contributed by atoms with Crippen molar-refractivity contribution in [2.45, 2.75) is 26.2 Å². The number of nitrogens with zero attached hydrogens (tertiary/aromatic N) is 3. The molecular weight excluding hydrogens is 228 g/mol. The van der Waals surface area contributed by atoms with Crippen LogP contribution in [0.25, 0.3) is 0 Å². The summed E-state index contributed by atoms with van der Waals surface area (Å²) >= 11 is 0. The van der Waals surface area contributed by atoms with Crippen LogP contribution in [-0.4, -0.2) is 26.3 Å². The SMILES string of the molecule is CCCc1nn(C)c(NCCc2cnc[nH]2)c1N. The summed E-state index contributed by atoms with van der Waals surface area (Å²) in [6.45, 7) is 2.93. The third-order valence-electron chi connectivity index (χ3n) is 2.89. The van der Waals surface area contributed by atoms with E-state index >= 15 is 0 Å². The molecule has 0 aliphatic carbocycles. The summed E-state index contributed by atoms with van der Waals surface area (Å²) in [6, 6.07) is 0. The summed E-state index contributed by atoms with van der Waals surface area (Å²) in [5.41, 5.74) is 8.94. The summed E-state index contributed by atoms with van der Waals surface area (Å²) in [4.78, 5) is 7.06. The maximum Gasteiger partial charge on any atom is 0.147 e. The molecule has 6 nitrogen and oxygen atoms in total. The van der Waals surface area contributed by atoms with E-state index in [4.69, 9.17) is 5.73 Å². The maximum atomic E-state index is 6.08. The van der Waals surface area contributed by atoms with E-state index in [9.17, 15) is 0 Å². The van der Waals surface area contributed by atoms with Gasteiger partial charge >= 0.3 is 0 Å². The molecule has 2 aromatic rings. The largest absolute Gasteiger partial charge is 0.394 e. The summed E-state index contributed by atoms with van der Waals surface area (Å²) in [6.07, 6.45) is 6.37. The molecule has 0 aliphatic heterocycles. The average Bonchev–Trinajstić information content (AvgIpc) is 2.93. The van der Waals surface area contributed by atoms with Crippen LogP contribution in [0.2, 0.25) is 0 Å². The van der Waals surface area contributed by atoms with Crippen molar-refractivity contribution in [2.24, 2.45) is 7.05 Å². The fourth-order valence-electron chi connectivity index (χ4n) is 1.96. The van der Waals surface area contributed by atoms with E-state index in [2.05, 4.69) is 27.3 Å². The van der Waals surface area contributed by atoms with Gasteiger partial charge in [-0.2, -0.15) is 5.10 Å². The molecule has 0 spiro atoms. The Bertz CT molecular complexity index is 485. The number of rotatable bonds is 6. The highest BCUT2D eigenvalue weighted by molar-refractivity contribution is 5.65. The van der Waals surface area contributed by atoms with Crippen LogP contribution in [-0.2, 0) is 19.9 Å². The van der Waals surface area contributed by atoms with E-state index < -0.39 is 0 Å². The first-order valence-corrected chi connectivity index (χ1v) is 6.24. The number of aromatic nitrogens is 4. The van der Waals surface area contributed by atoms with E-state index in [1.807, 2.05) is 17.9 Å². The predicted molar refractivity (Wildman–Crippen MR) is 72.4 cm³/mol. The number of aromatic amines is 1. The lowest BCUT2D eigenvalue weighted by atomic mass is 10.2. The van der Waals surface area contributed by atoms with Crippen molar-refractivity contribution in [3.8, 4) is 0 Å². The van der Waals surface area contributed by atoms with Crippen LogP contribution in [0.5, 0.6) is 0 Å². The Hall–Kier alpha value is -1.98. The highest BCUT2D eigenvalue weighted by Crippen LogP contribution is 2.22. The molecule has 0 amide bonds. The van der Waals surface area contributed by atoms with Gasteiger partial charge in [0.05, 0.1) is 17.7 Å². The number of anilines is 2. The first-order valence-electron chi connectivity index (χ1n) is 6.24. The minimum absolute atomic E-state index is 0.768. The van der Waals surface area contributed by atoms with Crippen molar-refractivity contribution < 1.29 is 0 Å². The van der Waals surface area contributed by atoms with Crippen molar-refractivity contribution in [1.29, 1.82) is 0 Å². The van der Waals surface area contributed by atoms with Crippen LogP contribution in [0.3, 0.4) is 0 Å². The molecule has 18 heavy (non-hydrogen) atoms. The molecule has 0 atom stereocenters.